The first-order chi connectivity index (χ1) is 14.7. The predicted molar refractivity (Wildman–Crippen MR) is 117 cm³/mol. The third-order valence-corrected chi connectivity index (χ3v) is 6.97. The summed E-state index contributed by atoms with van der Waals surface area (Å²) in [7, 11) is 0. The van der Waals surface area contributed by atoms with Gasteiger partial charge in [0.2, 0.25) is 6.79 Å². The standard InChI is InChI=1S/C23H23N3O3S/c1-16-19(14-24-26(16)18-5-3-2-4-6-18)23(27)25-10-9-22(30-12-11-25)17-7-8-20-21(13-17)29-15-28-20/h2-8,13-14,22H,9-12,15H2,1H3. The Hall–Kier alpha value is -2.93. The van der Waals surface area contributed by atoms with Crippen molar-refractivity contribution in [3.05, 3.63) is 71.5 Å². The molecule has 0 radical (unpaired) electrons. The van der Waals surface area contributed by atoms with Crippen LogP contribution in [0, 0.1) is 6.92 Å². The number of hydrogen-bond acceptors (Lipinski definition) is 5. The van der Waals surface area contributed by atoms with Crippen LogP contribution in [-0.4, -0.2) is 46.2 Å². The fourth-order valence-corrected chi connectivity index (χ4v) is 5.19. The number of fused-ring (bicyclic) bond motifs is 1. The van der Waals surface area contributed by atoms with Crippen LogP contribution < -0.4 is 9.47 Å². The average molecular weight is 422 g/mol. The maximum atomic E-state index is 13.2. The summed E-state index contributed by atoms with van der Waals surface area (Å²) >= 11 is 1.89. The fourth-order valence-electron chi connectivity index (χ4n) is 3.97. The number of carbonyl (C=O) groups is 1. The quantitative estimate of drug-likeness (QED) is 0.634. The van der Waals surface area contributed by atoms with Gasteiger partial charge in [-0.1, -0.05) is 24.3 Å². The second kappa shape index (κ2) is 8.07. The van der Waals surface area contributed by atoms with Gasteiger partial charge in [0.1, 0.15) is 0 Å². The molecule has 6 nitrogen and oxygen atoms in total. The van der Waals surface area contributed by atoms with E-state index in [-0.39, 0.29) is 12.7 Å². The molecule has 1 saturated heterocycles. The first-order valence-corrected chi connectivity index (χ1v) is 11.2. The highest BCUT2D eigenvalue weighted by Crippen LogP contribution is 2.40. The molecule has 0 aliphatic carbocycles. The van der Waals surface area contributed by atoms with E-state index in [2.05, 4.69) is 17.2 Å². The number of rotatable bonds is 3. The molecule has 0 N–H and O–H groups in total. The highest BCUT2D eigenvalue weighted by molar-refractivity contribution is 7.99. The van der Waals surface area contributed by atoms with Crippen molar-refractivity contribution in [2.45, 2.75) is 18.6 Å². The fraction of sp³-hybridized carbons (Fsp3) is 0.304. The Kier molecular flexibility index (Phi) is 5.12. The van der Waals surface area contributed by atoms with Gasteiger partial charge < -0.3 is 14.4 Å². The molecule has 7 heteroatoms. The van der Waals surface area contributed by atoms with Crippen LogP contribution in [-0.2, 0) is 0 Å². The summed E-state index contributed by atoms with van der Waals surface area (Å²) in [5.41, 5.74) is 3.73. The molecule has 1 fully saturated rings. The highest BCUT2D eigenvalue weighted by Gasteiger charge is 2.26. The zero-order valence-electron chi connectivity index (χ0n) is 16.8. The molecule has 1 unspecified atom stereocenters. The summed E-state index contributed by atoms with van der Waals surface area (Å²) in [6.45, 7) is 3.70. The number of aromatic nitrogens is 2. The molecule has 3 heterocycles. The Morgan fingerprint density at radius 3 is 2.80 bits per heavy atom. The van der Waals surface area contributed by atoms with Gasteiger partial charge in [-0.2, -0.15) is 16.9 Å². The van der Waals surface area contributed by atoms with E-state index in [4.69, 9.17) is 9.47 Å². The lowest BCUT2D eigenvalue weighted by Gasteiger charge is -2.20. The van der Waals surface area contributed by atoms with Crippen LogP contribution in [0.2, 0.25) is 0 Å². The highest BCUT2D eigenvalue weighted by atomic mass is 32.2. The van der Waals surface area contributed by atoms with Gasteiger partial charge in [-0.15, -0.1) is 0 Å². The Morgan fingerprint density at radius 1 is 1.10 bits per heavy atom. The minimum Gasteiger partial charge on any atom is -0.454 e. The minimum atomic E-state index is 0.0571. The summed E-state index contributed by atoms with van der Waals surface area (Å²) in [4.78, 5) is 15.2. The molecule has 0 bridgehead atoms. The molecule has 2 aliphatic rings. The zero-order chi connectivity index (χ0) is 20.5. The Morgan fingerprint density at radius 2 is 1.93 bits per heavy atom. The summed E-state index contributed by atoms with van der Waals surface area (Å²) in [6, 6.07) is 16.1. The molecule has 0 saturated carbocycles. The van der Waals surface area contributed by atoms with Crippen LogP contribution in [0.5, 0.6) is 11.5 Å². The van der Waals surface area contributed by atoms with Gasteiger partial charge in [0.05, 0.1) is 23.1 Å². The molecule has 2 aromatic carbocycles. The van der Waals surface area contributed by atoms with Gasteiger partial charge in [0, 0.05) is 24.1 Å². The maximum absolute atomic E-state index is 13.2. The molecule has 154 valence electrons. The van der Waals surface area contributed by atoms with Crippen LogP contribution in [0.4, 0.5) is 0 Å². The lowest BCUT2D eigenvalue weighted by Crippen LogP contribution is -2.33. The summed E-state index contributed by atoms with van der Waals surface area (Å²) in [5, 5.41) is 4.80. The molecule has 30 heavy (non-hydrogen) atoms. The number of para-hydroxylation sites is 1. The number of thioether (sulfide) groups is 1. The molecule has 1 aromatic heterocycles. The van der Waals surface area contributed by atoms with E-state index in [1.807, 2.05) is 64.7 Å². The topological polar surface area (TPSA) is 56.6 Å². The van der Waals surface area contributed by atoms with Crippen molar-refractivity contribution in [2.24, 2.45) is 0 Å². The first-order valence-electron chi connectivity index (χ1n) is 10.1. The molecule has 0 spiro atoms. The van der Waals surface area contributed by atoms with Crippen LogP contribution >= 0.6 is 11.8 Å². The molecular weight excluding hydrogens is 398 g/mol. The van der Waals surface area contributed by atoms with Gasteiger partial charge in [0.15, 0.2) is 11.5 Å². The summed E-state index contributed by atoms with van der Waals surface area (Å²) in [6.07, 6.45) is 2.60. The van der Waals surface area contributed by atoms with Gasteiger partial charge in [-0.3, -0.25) is 4.79 Å². The summed E-state index contributed by atoms with van der Waals surface area (Å²) < 4.78 is 12.8. The lowest BCUT2D eigenvalue weighted by molar-refractivity contribution is 0.0766. The Labute approximate surface area is 179 Å². The van der Waals surface area contributed by atoms with Crippen molar-refractivity contribution in [3.8, 4) is 17.2 Å². The smallest absolute Gasteiger partial charge is 0.257 e. The maximum Gasteiger partial charge on any atom is 0.257 e. The predicted octanol–water partition coefficient (Wildman–Crippen LogP) is 4.23. The molecule has 3 aromatic rings. The van der Waals surface area contributed by atoms with Crippen LogP contribution in [0.1, 0.15) is 33.3 Å². The van der Waals surface area contributed by atoms with Crippen molar-refractivity contribution in [3.63, 3.8) is 0 Å². The van der Waals surface area contributed by atoms with Crippen molar-refractivity contribution in [1.29, 1.82) is 0 Å². The van der Waals surface area contributed by atoms with Gasteiger partial charge >= 0.3 is 0 Å². The second-order valence-electron chi connectivity index (χ2n) is 7.44. The second-order valence-corrected chi connectivity index (χ2v) is 8.75. The van der Waals surface area contributed by atoms with E-state index in [0.29, 0.717) is 10.8 Å². The summed E-state index contributed by atoms with van der Waals surface area (Å²) in [5.74, 6) is 2.58. The lowest BCUT2D eigenvalue weighted by atomic mass is 10.1. The largest absolute Gasteiger partial charge is 0.454 e. The Bertz CT molecular complexity index is 1070. The van der Waals surface area contributed by atoms with Crippen LogP contribution in [0.15, 0.2) is 54.7 Å². The van der Waals surface area contributed by atoms with Gasteiger partial charge in [-0.05, 0) is 43.2 Å². The zero-order valence-corrected chi connectivity index (χ0v) is 17.6. The molecule has 1 amide bonds. The van der Waals surface area contributed by atoms with E-state index in [1.54, 1.807) is 6.20 Å². The number of carbonyl (C=O) groups excluding carboxylic acids is 1. The number of nitrogens with zero attached hydrogens (tertiary/aromatic N) is 3. The van der Waals surface area contributed by atoms with E-state index >= 15 is 0 Å². The van der Waals surface area contributed by atoms with Crippen molar-refractivity contribution in [1.82, 2.24) is 14.7 Å². The Balaban J connectivity index is 1.30. The van der Waals surface area contributed by atoms with E-state index in [9.17, 15) is 4.79 Å². The van der Waals surface area contributed by atoms with Crippen LogP contribution in [0.3, 0.4) is 0 Å². The van der Waals surface area contributed by atoms with Crippen molar-refractivity contribution >= 4 is 17.7 Å². The SMILES string of the molecule is Cc1c(C(=O)N2CCSC(c3ccc4c(c3)OCO4)CC2)cnn1-c1ccccc1. The third-order valence-electron chi connectivity index (χ3n) is 5.64. The van der Waals surface area contributed by atoms with E-state index in [1.165, 1.54) is 5.56 Å². The average Bonchev–Trinajstić information content (AvgIpc) is 3.32. The van der Waals surface area contributed by atoms with Gasteiger partial charge in [0.25, 0.3) is 5.91 Å². The van der Waals surface area contributed by atoms with E-state index < -0.39 is 0 Å². The molecule has 1 atom stereocenters. The third kappa shape index (κ3) is 3.54. The number of ether oxygens (including phenoxy) is 2. The minimum absolute atomic E-state index is 0.0571. The monoisotopic (exact) mass is 421 g/mol. The number of amides is 1. The molecular formula is C23H23N3O3S. The van der Waals surface area contributed by atoms with Crippen molar-refractivity contribution < 1.29 is 14.3 Å². The molecule has 2 aliphatic heterocycles. The number of hydrogen-bond donors (Lipinski definition) is 0. The normalized spacial score (nSPS) is 18.3. The van der Waals surface area contributed by atoms with Crippen molar-refractivity contribution in [2.75, 3.05) is 25.6 Å². The first kappa shape index (κ1) is 19.1. The van der Waals surface area contributed by atoms with E-state index in [0.717, 1.165) is 48.1 Å². The molecule has 5 rings (SSSR count). The van der Waals surface area contributed by atoms with Gasteiger partial charge in [-0.25, -0.2) is 4.68 Å². The van der Waals surface area contributed by atoms with Crippen LogP contribution in [0.25, 0.3) is 5.69 Å². The number of benzene rings is 2.